The number of carbonyl (C=O) groups is 1. The first-order valence-corrected chi connectivity index (χ1v) is 5.86. The Morgan fingerprint density at radius 3 is 2.79 bits per heavy atom. The Bertz CT molecular complexity index is 584. The third-order valence-corrected chi connectivity index (χ3v) is 2.64. The Kier molecular flexibility index (Phi) is 4.10. The van der Waals surface area contributed by atoms with Gasteiger partial charge >= 0.3 is 0 Å². The van der Waals surface area contributed by atoms with E-state index in [9.17, 15) is 4.79 Å². The molecule has 1 aromatic heterocycles. The summed E-state index contributed by atoms with van der Waals surface area (Å²) in [5.41, 5.74) is 4.05. The second-order valence-corrected chi connectivity index (χ2v) is 4.04. The van der Waals surface area contributed by atoms with Crippen LogP contribution in [0.15, 0.2) is 42.5 Å². The number of carbonyl (C=O) groups excluding carboxylic acids is 1. The number of para-hydroxylation sites is 1. The zero-order chi connectivity index (χ0) is 13.7. The van der Waals surface area contributed by atoms with Gasteiger partial charge in [0.25, 0.3) is 5.91 Å². The molecule has 5 heteroatoms. The maximum Gasteiger partial charge on any atom is 0.283 e. The molecule has 3 N–H and O–H groups in total. The summed E-state index contributed by atoms with van der Waals surface area (Å²) in [6.07, 6.45) is 0. The fourth-order valence-corrected chi connectivity index (χ4v) is 1.63. The quantitative estimate of drug-likeness (QED) is 0.495. The molecule has 0 unspecified atom stereocenters. The Morgan fingerprint density at radius 2 is 2.05 bits per heavy atom. The summed E-state index contributed by atoms with van der Waals surface area (Å²) in [7, 11) is 0. The second-order valence-electron chi connectivity index (χ2n) is 4.04. The van der Waals surface area contributed by atoms with Gasteiger partial charge in [-0.15, -0.1) is 0 Å². The highest BCUT2D eigenvalue weighted by atomic mass is 16.5. The van der Waals surface area contributed by atoms with E-state index in [4.69, 9.17) is 10.6 Å². The lowest BCUT2D eigenvalue weighted by molar-refractivity contribution is 0.0948. The van der Waals surface area contributed by atoms with Crippen LogP contribution >= 0.6 is 0 Å². The Hall–Kier alpha value is -2.40. The molecule has 1 amide bonds. The molecule has 0 aliphatic rings. The Morgan fingerprint density at radius 1 is 1.26 bits per heavy atom. The van der Waals surface area contributed by atoms with Crippen molar-refractivity contribution >= 4 is 5.91 Å². The molecule has 0 aliphatic heterocycles. The van der Waals surface area contributed by atoms with Crippen LogP contribution in [0.2, 0.25) is 0 Å². The minimum Gasteiger partial charge on any atom is -0.487 e. The summed E-state index contributed by atoms with van der Waals surface area (Å²) in [4.78, 5) is 15.5. The number of ether oxygens (including phenoxy) is 1. The first-order valence-electron chi connectivity index (χ1n) is 5.86. The van der Waals surface area contributed by atoms with Crippen LogP contribution in [-0.2, 0) is 6.61 Å². The average Bonchev–Trinajstić information content (AvgIpc) is 2.46. The van der Waals surface area contributed by atoms with E-state index in [0.29, 0.717) is 12.3 Å². The molecular weight excluding hydrogens is 242 g/mol. The molecule has 98 valence electrons. The molecule has 0 saturated heterocycles. The van der Waals surface area contributed by atoms with E-state index in [1.54, 1.807) is 18.2 Å². The molecule has 0 radical (unpaired) electrons. The van der Waals surface area contributed by atoms with Crippen molar-refractivity contribution in [2.24, 2.45) is 5.84 Å². The Balaban J connectivity index is 2.08. The van der Waals surface area contributed by atoms with Crippen LogP contribution in [0.25, 0.3) is 0 Å². The van der Waals surface area contributed by atoms with Gasteiger partial charge in [0, 0.05) is 0 Å². The fourth-order valence-electron chi connectivity index (χ4n) is 1.63. The van der Waals surface area contributed by atoms with Crippen LogP contribution in [0.5, 0.6) is 5.75 Å². The lowest BCUT2D eigenvalue weighted by Crippen LogP contribution is -2.30. The van der Waals surface area contributed by atoms with Gasteiger partial charge in [-0.25, -0.2) is 10.8 Å². The number of aromatic nitrogens is 1. The molecule has 2 rings (SSSR count). The fraction of sp³-hybridized carbons (Fsp3) is 0.143. The highest BCUT2D eigenvalue weighted by Crippen LogP contribution is 2.17. The van der Waals surface area contributed by atoms with Crippen LogP contribution in [-0.4, -0.2) is 10.9 Å². The highest BCUT2D eigenvalue weighted by molar-refractivity contribution is 5.91. The SMILES string of the molecule is Cc1ccccc1OCc1cccc(C(=O)NN)n1. The topological polar surface area (TPSA) is 77.2 Å². The summed E-state index contributed by atoms with van der Waals surface area (Å²) in [5, 5.41) is 0. The Labute approximate surface area is 111 Å². The summed E-state index contributed by atoms with van der Waals surface area (Å²) in [5.74, 6) is 5.45. The van der Waals surface area contributed by atoms with Gasteiger partial charge < -0.3 is 4.74 Å². The number of amides is 1. The van der Waals surface area contributed by atoms with Crippen LogP contribution in [0.4, 0.5) is 0 Å². The second kappa shape index (κ2) is 5.97. The number of hydrogen-bond donors (Lipinski definition) is 2. The predicted molar refractivity (Wildman–Crippen MR) is 71.4 cm³/mol. The number of nitrogens with zero attached hydrogens (tertiary/aromatic N) is 1. The third kappa shape index (κ3) is 3.29. The van der Waals surface area contributed by atoms with Crippen molar-refractivity contribution in [2.75, 3.05) is 0 Å². The molecule has 0 bridgehead atoms. The van der Waals surface area contributed by atoms with Gasteiger partial charge in [0.15, 0.2) is 0 Å². The highest BCUT2D eigenvalue weighted by Gasteiger charge is 2.06. The zero-order valence-electron chi connectivity index (χ0n) is 10.6. The minimum atomic E-state index is -0.419. The van der Waals surface area contributed by atoms with Crippen molar-refractivity contribution in [3.05, 3.63) is 59.4 Å². The molecule has 1 heterocycles. The van der Waals surface area contributed by atoms with E-state index < -0.39 is 5.91 Å². The van der Waals surface area contributed by atoms with Crippen molar-refractivity contribution < 1.29 is 9.53 Å². The van der Waals surface area contributed by atoms with Crippen LogP contribution in [0.1, 0.15) is 21.7 Å². The molecule has 0 atom stereocenters. The number of nitrogen functional groups attached to an aromatic ring is 1. The number of hydrogen-bond acceptors (Lipinski definition) is 4. The first kappa shape index (κ1) is 13.0. The summed E-state index contributed by atoms with van der Waals surface area (Å²) in [6, 6.07) is 12.9. The number of nitrogens with one attached hydrogen (secondary N) is 1. The number of aryl methyl sites for hydroxylation is 1. The van der Waals surface area contributed by atoms with E-state index in [2.05, 4.69) is 4.98 Å². The standard InChI is InChI=1S/C14H15N3O2/c1-10-5-2-3-8-13(10)19-9-11-6-4-7-12(16-11)14(18)17-15/h2-8H,9,15H2,1H3,(H,17,18). The monoisotopic (exact) mass is 257 g/mol. The normalized spacial score (nSPS) is 10.0. The molecule has 19 heavy (non-hydrogen) atoms. The molecular formula is C14H15N3O2. The lowest BCUT2D eigenvalue weighted by atomic mass is 10.2. The number of benzene rings is 1. The summed E-state index contributed by atoms with van der Waals surface area (Å²) in [6.45, 7) is 2.28. The average molecular weight is 257 g/mol. The van der Waals surface area contributed by atoms with Gasteiger partial charge in [-0.05, 0) is 30.7 Å². The lowest BCUT2D eigenvalue weighted by Gasteiger charge is -2.09. The van der Waals surface area contributed by atoms with Crippen molar-refractivity contribution in [1.82, 2.24) is 10.4 Å². The molecule has 0 fully saturated rings. The van der Waals surface area contributed by atoms with E-state index in [-0.39, 0.29) is 5.69 Å². The van der Waals surface area contributed by atoms with Crippen molar-refractivity contribution in [3.8, 4) is 5.75 Å². The summed E-state index contributed by atoms with van der Waals surface area (Å²) < 4.78 is 5.67. The molecule has 5 nitrogen and oxygen atoms in total. The van der Waals surface area contributed by atoms with E-state index in [1.807, 2.05) is 36.6 Å². The molecule has 1 aromatic carbocycles. The van der Waals surface area contributed by atoms with Gasteiger partial charge in [-0.1, -0.05) is 24.3 Å². The smallest absolute Gasteiger partial charge is 0.283 e. The zero-order valence-corrected chi connectivity index (χ0v) is 10.6. The first-order chi connectivity index (χ1) is 9.20. The number of pyridine rings is 1. The van der Waals surface area contributed by atoms with Crippen LogP contribution in [0.3, 0.4) is 0 Å². The maximum absolute atomic E-state index is 11.4. The minimum absolute atomic E-state index is 0.272. The number of nitrogens with two attached hydrogens (primary N) is 1. The molecule has 0 saturated carbocycles. The summed E-state index contributed by atoms with van der Waals surface area (Å²) >= 11 is 0. The van der Waals surface area contributed by atoms with Gasteiger partial charge in [0.05, 0.1) is 5.69 Å². The van der Waals surface area contributed by atoms with Gasteiger partial charge in [0.1, 0.15) is 18.1 Å². The van der Waals surface area contributed by atoms with Crippen molar-refractivity contribution in [2.45, 2.75) is 13.5 Å². The van der Waals surface area contributed by atoms with Crippen LogP contribution < -0.4 is 16.0 Å². The van der Waals surface area contributed by atoms with Crippen molar-refractivity contribution in [1.29, 1.82) is 0 Å². The molecule has 0 spiro atoms. The van der Waals surface area contributed by atoms with E-state index >= 15 is 0 Å². The van der Waals surface area contributed by atoms with Crippen molar-refractivity contribution in [3.63, 3.8) is 0 Å². The maximum atomic E-state index is 11.4. The largest absolute Gasteiger partial charge is 0.487 e. The van der Waals surface area contributed by atoms with Gasteiger partial charge in [0.2, 0.25) is 0 Å². The third-order valence-electron chi connectivity index (χ3n) is 2.64. The number of hydrazine groups is 1. The van der Waals surface area contributed by atoms with E-state index in [0.717, 1.165) is 11.3 Å². The number of rotatable bonds is 4. The van der Waals surface area contributed by atoms with Gasteiger partial charge in [-0.3, -0.25) is 10.2 Å². The molecule has 0 aliphatic carbocycles. The van der Waals surface area contributed by atoms with Gasteiger partial charge in [-0.2, -0.15) is 0 Å². The van der Waals surface area contributed by atoms with Crippen LogP contribution in [0, 0.1) is 6.92 Å². The predicted octanol–water partition coefficient (Wildman–Crippen LogP) is 1.57. The van der Waals surface area contributed by atoms with E-state index in [1.165, 1.54) is 0 Å². The molecule has 2 aromatic rings.